The Labute approximate surface area is 272 Å². The summed E-state index contributed by atoms with van der Waals surface area (Å²) in [6, 6.07) is 18.4. The molecule has 2 aromatic carbocycles. The molecule has 8 aliphatic rings. The predicted molar refractivity (Wildman–Crippen MR) is 185 cm³/mol. The Kier molecular flexibility index (Phi) is 8.40. The smallest absolute Gasteiger partial charge is 0.123 e. The van der Waals surface area contributed by atoms with Crippen LogP contribution in [0.2, 0.25) is 0 Å². The second kappa shape index (κ2) is 12.6. The average Bonchev–Trinajstić information content (AvgIpc) is 3.96. The van der Waals surface area contributed by atoms with E-state index in [2.05, 4.69) is 77.7 Å². The summed E-state index contributed by atoms with van der Waals surface area (Å²) >= 11 is 0. The van der Waals surface area contributed by atoms with Gasteiger partial charge in [-0.1, -0.05) is 92.1 Å². The average molecular weight is 602 g/mol. The number of hydrogen-bond donors (Lipinski definition) is 0. The molecule has 4 fully saturated rings. The third kappa shape index (κ3) is 5.83. The second-order valence-electron chi connectivity index (χ2n) is 16.4. The molecule has 0 N–H and O–H groups in total. The molecule has 2 aromatic rings. The lowest BCUT2D eigenvalue weighted by atomic mass is 9.70. The lowest BCUT2D eigenvalue weighted by molar-refractivity contribution is -0.111. The molecule has 3 saturated carbocycles. The molecule has 6 atom stereocenters. The lowest BCUT2D eigenvalue weighted by Crippen LogP contribution is -2.43. The minimum atomic E-state index is 0.361. The highest BCUT2D eigenvalue weighted by atomic mass is 16.1. The van der Waals surface area contributed by atoms with Crippen molar-refractivity contribution in [2.75, 3.05) is 19.6 Å². The van der Waals surface area contributed by atoms with Gasteiger partial charge in [0.25, 0.3) is 0 Å². The first-order valence-corrected chi connectivity index (χ1v) is 18.8. The van der Waals surface area contributed by atoms with Crippen LogP contribution < -0.4 is 0 Å². The lowest BCUT2D eigenvalue weighted by Gasteiger charge is -2.41. The van der Waals surface area contributed by atoms with Gasteiger partial charge in [0.05, 0.1) is 0 Å². The van der Waals surface area contributed by atoms with Crippen LogP contribution in [0.25, 0.3) is 0 Å². The van der Waals surface area contributed by atoms with Crippen LogP contribution in [0.3, 0.4) is 0 Å². The topological polar surface area (TPSA) is 20.3 Å². The van der Waals surface area contributed by atoms with E-state index in [1.54, 1.807) is 22.3 Å². The van der Waals surface area contributed by atoms with Crippen LogP contribution in [0.4, 0.5) is 0 Å². The summed E-state index contributed by atoms with van der Waals surface area (Å²) in [5, 5.41) is 0. The maximum atomic E-state index is 10.4. The molecule has 10 rings (SSSR count). The van der Waals surface area contributed by atoms with Crippen LogP contribution in [0.15, 0.2) is 72.8 Å². The molecule has 0 unspecified atom stereocenters. The Morgan fingerprint density at radius 1 is 0.622 bits per heavy atom. The number of likely N-dealkylation sites (tertiary alicyclic amines) is 1. The van der Waals surface area contributed by atoms with Crippen molar-refractivity contribution >= 4 is 6.29 Å². The molecule has 2 spiro atoms. The molecule has 2 nitrogen and oxygen atoms in total. The zero-order valence-electron chi connectivity index (χ0n) is 27.6. The minimum Gasteiger partial charge on any atom is -0.303 e. The Hall–Kier alpha value is -2.45. The van der Waals surface area contributed by atoms with Gasteiger partial charge >= 0.3 is 0 Å². The minimum absolute atomic E-state index is 0.361. The van der Waals surface area contributed by atoms with E-state index in [1.807, 2.05) is 0 Å². The van der Waals surface area contributed by atoms with Crippen molar-refractivity contribution < 1.29 is 4.79 Å². The van der Waals surface area contributed by atoms with Gasteiger partial charge < -0.3 is 9.69 Å². The highest BCUT2D eigenvalue weighted by molar-refractivity contribution is 5.56. The number of allylic oxidation sites excluding steroid dienone is 4. The number of fused-ring (bicyclic) bond motifs is 8. The molecule has 45 heavy (non-hydrogen) atoms. The van der Waals surface area contributed by atoms with Crippen LogP contribution in [0.5, 0.6) is 0 Å². The van der Waals surface area contributed by atoms with Gasteiger partial charge in [0.15, 0.2) is 0 Å². The van der Waals surface area contributed by atoms with E-state index < -0.39 is 0 Å². The van der Waals surface area contributed by atoms with Gasteiger partial charge in [0, 0.05) is 12.5 Å². The molecule has 2 heteroatoms. The number of rotatable bonds is 3. The molecule has 1 heterocycles. The molecule has 4 bridgehead atoms. The van der Waals surface area contributed by atoms with Crippen molar-refractivity contribution in [2.24, 2.45) is 35.5 Å². The number of benzene rings is 2. The normalized spacial score (nSPS) is 33.9. The Bertz CT molecular complexity index is 1400. The van der Waals surface area contributed by atoms with E-state index >= 15 is 0 Å². The van der Waals surface area contributed by atoms with Gasteiger partial charge in [-0.2, -0.15) is 0 Å². The van der Waals surface area contributed by atoms with E-state index in [4.69, 9.17) is 0 Å². The second-order valence-corrected chi connectivity index (χ2v) is 16.4. The molecule has 0 aromatic heterocycles. The number of carbonyl (C=O) groups is 1. The largest absolute Gasteiger partial charge is 0.303 e. The quantitative estimate of drug-likeness (QED) is 0.258. The van der Waals surface area contributed by atoms with Gasteiger partial charge in [-0.05, 0) is 153 Å². The Morgan fingerprint density at radius 2 is 1.20 bits per heavy atom. The summed E-state index contributed by atoms with van der Waals surface area (Å²) in [6.07, 6.45) is 31.3. The van der Waals surface area contributed by atoms with E-state index in [0.717, 1.165) is 36.4 Å². The summed E-state index contributed by atoms with van der Waals surface area (Å²) in [5.74, 6) is 4.50. The van der Waals surface area contributed by atoms with Crippen molar-refractivity contribution in [3.05, 3.63) is 95.1 Å². The van der Waals surface area contributed by atoms with Gasteiger partial charge in [-0.3, -0.25) is 0 Å². The molecule has 0 radical (unpaired) electrons. The number of aldehydes is 1. The number of carbonyl (C=O) groups excluding carboxylic acids is 1. The third-order valence-corrected chi connectivity index (χ3v) is 14.0. The molecule has 0 amide bonds. The van der Waals surface area contributed by atoms with Crippen LogP contribution in [-0.4, -0.2) is 30.8 Å². The Balaban J connectivity index is 0.000000111. The SMILES string of the molecule is C1=C[C@@H]2C[C@H]1C[C@@H]2CN1CCC2(CCc3ccccc32)CC1.O=C[C@H]1C[C@H]2C=C[C@@H]1C2.c1ccc2c(c1)CCC21CCCCC1. The summed E-state index contributed by atoms with van der Waals surface area (Å²) in [6.45, 7) is 4.01. The summed E-state index contributed by atoms with van der Waals surface area (Å²) < 4.78 is 0. The molecule has 1 aliphatic heterocycles. The zero-order chi connectivity index (χ0) is 30.3. The van der Waals surface area contributed by atoms with Crippen LogP contribution in [-0.2, 0) is 28.5 Å². The first-order chi connectivity index (χ1) is 22.1. The van der Waals surface area contributed by atoms with E-state index in [0.29, 0.717) is 22.7 Å². The fourth-order valence-corrected chi connectivity index (χ4v) is 11.4. The van der Waals surface area contributed by atoms with E-state index in [-0.39, 0.29) is 0 Å². The number of piperidine rings is 1. The van der Waals surface area contributed by atoms with Crippen molar-refractivity contribution in [1.82, 2.24) is 4.90 Å². The number of nitrogens with zero attached hydrogens (tertiary/aromatic N) is 1. The Morgan fingerprint density at radius 3 is 1.71 bits per heavy atom. The van der Waals surface area contributed by atoms with Gasteiger partial charge in [0.1, 0.15) is 6.29 Å². The first kappa shape index (κ1) is 29.9. The highest BCUT2D eigenvalue weighted by Gasteiger charge is 2.43. The molecule has 238 valence electrons. The van der Waals surface area contributed by atoms with Gasteiger partial charge in [-0.15, -0.1) is 0 Å². The summed E-state index contributed by atoms with van der Waals surface area (Å²) in [7, 11) is 0. The van der Waals surface area contributed by atoms with Crippen LogP contribution >= 0.6 is 0 Å². The monoisotopic (exact) mass is 601 g/mol. The van der Waals surface area contributed by atoms with E-state index in [1.165, 1.54) is 110 Å². The zero-order valence-corrected chi connectivity index (χ0v) is 27.6. The van der Waals surface area contributed by atoms with Gasteiger partial charge in [-0.25, -0.2) is 0 Å². The van der Waals surface area contributed by atoms with Crippen LogP contribution in [0.1, 0.15) is 106 Å². The fourth-order valence-electron chi connectivity index (χ4n) is 11.4. The van der Waals surface area contributed by atoms with Crippen molar-refractivity contribution in [2.45, 2.75) is 107 Å². The van der Waals surface area contributed by atoms with E-state index in [9.17, 15) is 4.79 Å². The highest BCUT2D eigenvalue weighted by Crippen LogP contribution is 2.49. The van der Waals surface area contributed by atoms with Crippen molar-refractivity contribution in [3.8, 4) is 0 Å². The molecule has 1 saturated heterocycles. The summed E-state index contributed by atoms with van der Waals surface area (Å²) in [5.41, 5.74) is 7.79. The molecular formula is C43H55NO. The number of hydrogen-bond acceptors (Lipinski definition) is 2. The van der Waals surface area contributed by atoms with Crippen molar-refractivity contribution in [3.63, 3.8) is 0 Å². The van der Waals surface area contributed by atoms with Crippen LogP contribution in [0, 0.1) is 35.5 Å². The maximum Gasteiger partial charge on any atom is 0.123 e. The van der Waals surface area contributed by atoms with Gasteiger partial charge in [0.2, 0.25) is 0 Å². The molecular weight excluding hydrogens is 546 g/mol. The molecule has 7 aliphatic carbocycles. The third-order valence-electron chi connectivity index (χ3n) is 14.0. The standard InChI is InChI=1S/C21H27N.C14H18.C8H10O/c1-2-4-20-17(3-1)7-8-21(20)9-11-22(12-10-21)15-19-14-16-5-6-18(19)13-16;1-4-9-14(10-5-1)11-8-12-6-2-3-7-13(12)14;9-5-8-4-6-1-2-7(8)3-6/h1-6,16,18-19H,7-15H2;2-3,6-7H,1,4-5,8-11H2;1-2,5-8H,3-4H2/t16-,18+,19+;;6-,7+,8+/m0.0/s1. The van der Waals surface area contributed by atoms with Crippen molar-refractivity contribution in [1.29, 1.82) is 0 Å². The first-order valence-electron chi connectivity index (χ1n) is 18.8. The predicted octanol–water partition coefficient (Wildman–Crippen LogP) is 9.41. The summed E-state index contributed by atoms with van der Waals surface area (Å²) in [4.78, 5) is 13.1. The number of aryl methyl sites for hydroxylation is 2. The fraction of sp³-hybridized carbons (Fsp3) is 0.605. The maximum absolute atomic E-state index is 10.4.